The number of amides is 3. The van der Waals surface area contributed by atoms with Crippen LogP contribution < -0.4 is 16.4 Å². The molecule has 0 aromatic heterocycles. The second kappa shape index (κ2) is 8.32. The third-order valence-electron chi connectivity index (χ3n) is 7.03. The normalized spacial score (nSPS) is 29.1. The number of nitrogens with two attached hydrogens (primary N) is 1. The van der Waals surface area contributed by atoms with Crippen LogP contribution in [-0.4, -0.2) is 36.3 Å². The van der Waals surface area contributed by atoms with Crippen molar-refractivity contribution in [3.63, 3.8) is 0 Å². The van der Waals surface area contributed by atoms with E-state index in [1.165, 1.54) is 50.5 Å². The lowest BCUT2D eigenvalue weighted by molar-refractivity contribution is -0.155. The topological polar surface area (TPSA) is 128 Å². The average Bonchev–Trinajstić information content (AvgIpc) is 2.71. The summed E-state index contributed by atoms with van der Waals surface area (Å²) in [5.74, 6) is 0.169. The maximum Gasteiger partial charge on any atom is 0.326 e. The predicted octanol–water partition coefficient (Wildman–Crippen LogP) is 1.99. The average molecular weight is 428 g/mol. The number of carbonyl (C=O) groups is 4. The number of hydrogen-bond acceptors (Lipinski definition) is 5. The van der Waals surface area contributed by atoms with Crippen molar-refractivity contribution in [1.29, 1.82) is 0 Å². The molecule has 31 heavy (non-hydrogen) atoms. The van der Waals surface area contributed by atoms with Crippen LogP contribution in [0.4, 0.5) is 5.69 Å². The Morgan fingerprint density at radius 1 is 1.03 bits per heavy atom. The molecule has 8 heteroatoms. The van der Waals surface area contributed by atoms with Gasteiger partial charge in [-0.25, -0.2) is 0 Å². The number of ether oxygens (including phenoxy) is 1. The molecule has 4 bridgehead atoms. The molecule has 8 nitrogen and oxygen atoms in total. The molecule has 0 saturated heterocycles. The summed E-state index contributed by atoms with van der Waals surface area (Å²) in [6.45, 7) is 1.22. The van der Waals surface area contributed by atoms with Crippen molar-refractivity contribution in [2.45, 2.75) is 51.6 Å². The first-order valence-corrected chi connectivity index (χ1v) is 10.9. The molecule has 1 unspecified atom stereocenters. The zero-order chi connectivity index (χ0) is 22.2. The molecule has 3 amide bonds. The second-order valence-electron chi connectivity index (χ2n) is 9.44. The van der Waals surface area contributed by atoms with Gasteiger partial charge in [0, 0.05) is 16.7 Å². The number of benzene rings is 1. The first kappa shape index (κ1) is 21.3. The van der Waals surface area contributed by atoms with Gasteiger partial charge in [0.15, 0.2) is 6.10 Å². The standard InChI is InChI=1S/C23H29N3O5/c1-13(21(29)26-18-4-2-17(3-5-18)20(24)28)31-19(27)12-25-22(30)23-9-14-6-15(10-23)8-16(7-14)11-23/h2-5,13-16H,6-12H2,1H3,(H2,24,28)(H,25,30)(H,26,29). The molecule has 0 aliphatic heterocycles. The number of anilines is 1. The Bertz CT molecular complexity index is 860. The van der Waals surface area contributed by atoms with Gasteiger partial charge in [-0.15, -0.1) is 0 Å². The van der Waals surface area contributed by atoms with Crippen LogP contribution in [-0.2, 0) is 19.1 Å². The molecular formula is C23H29N3O5. The van der Waals surface area contributed by atoms with E-state index < -0.39 is 23.9 Å². The fourth-order valence-corrected chi connectivity index (χ4v) is 5.98. The Labute approximate surface area is 181 Å². The van der Waals surface area contributed by atoms with Gasteiger partial charge in [-0.1, -0.05) is 0 Å². The van der Waals surface area contributed by atoms with Gasteiger partial charge < -0.3 is 21.1 Å². The van der Waals surface area contributed by atoms with Gasteiger partial charge in [-0.3, -0.25) is 19.2 Å². The minimum Gasteiger partial charge on any atom is -0.451 e. The molecule has 4 aliphatic carbocycles. The molecule has 5 rings (SSSR count). The zero-order valence-corrected chi connectivity index (χ0v) is 17.7. The number of primary amides is 1. The maximum atomic E-state index is 12.9. The highest BCUT2D eigenvalue weighted by Crippen LogP contribution is 2.60. The van der Waals surface area contributed by atoms with Gasteiger partial charge >= 0.3 is 5.97 Å². The Hall–Kier alpha value is -2.90. The van der Waals surface area contributed by atoms with Crippen LogP contribution in [0.25, 0.3) is 0 Å². The summed E-state index contributed by atoms with van der Waals surface area (Å²) in [6.07, 6.45) is 5.47. The smallest absolute Gasteiger partial charge is 0.326 e. The van der Waals surface area contributed by atoms with E-state index in [9.17, 15) is 19.2 Å². The molecule has 1 aromatic carbocycles. The van der Waals surface area contributed by atoms with Crippen LogP contribution in [0.1, 0.15) is 55.8 Å². The second-order valence-corrected chi connectivity index (χ2v) is 9.44. The lowest BCUT2D eigenvalue weighted by atomic mass is 9.49. The highest BCUT2D eigenvalue weighted by Gasteiger charge is 2.54. The number of carbonyl (C=O) groups excluding carboxylic acids is 4. The summed E-state index contributed by atoms with van der Waals surface area (Å²) in [4.78, 5) is 48.5. The largest absolute Gasteiger partial charge is 0.451 e. The van der Waals surface area contributed by atoms with E-state index in [0.717, 1.165) is 19.3 Å². The van der Waals surface area contributed by atoms with E-state index in [2.05, 4.69) is 10.6 Å². The van der Waals surface area contributed by atoms with Gasteiger partial charge in [0.1, 0.15) is 6.54 Å². The number of nitrogens with one attached hydrogen (secondary N) is 2. The van der Waals surface area contributed by atoms with E-state index in [4.69, 9.17) is 10.5 Å². The SMILES string of the molecule is CC(OC(=O)CNC(=O)C12CC3CC(CC(C3)C1)C2)C(=O)Nc1ccc(C(N)=O)cc1. The van der Waals surface area contributed by atoms with Crippen molar-refractivity contribution in [1.82, 2.24) is 5.32 Å². The van der Waals surface area contributed by atoms with Crippen LogP contribution in [0.15, 0.2) is 24.3 Å². The predicted molar refractivity (Wildman–Crippen MR) is 113 cm³/mol. The molecule has 4 N–H and O–H groups in total. The Balaban J connectivity index is 1.24. The van der Waals surface area contributed by atoms with Crippen LogP contribution in [0.5, 0.6) is 0 Å². The summed E-state index contributed by atoms with van der Waals surface area (Å²) >= 11 is 0. The van der Waals surface area contributed by atoms with Crippen molar-refractivity contribution < 1.29 is 23.9 Å². The number of rotatable bonds is 7. The summed E-state index contributed by atoms with van der Waals surface area (Å²) < 4.78 is 5.18. The highest BCUT2D eigenvalue weighted by atomic mass is 16.5. The van der Waals surface area contributed by atoms with Crippen molar-refractivity contribution in [2.24, 2.45) is 28.9 Å². The quantitative estimate of drug-likeness (QED) is 0.574. The molecule has 0 radical (unpaired) electrons. The van der Waals surface area contributed by atoms with Gasteiger partial charge in [0.2, 0.25) is 11.8 Å². The van der Waals surface area contributed by atoms with Gasteiger partial charge in [-0.2, -0.15) is 0 Å². The van der Waals surface area contributed by atoms with Gasteiger partial charge in [-0.05, 0) is 87.5 Å². The lowest BCUT2D eigenvalue weighted by Gasteiger charge is -2.55. The van der Waals surface area contributed by atoms with Gasteiger partial charge in [0.25, 0.3) is 5.91 Å². The maximum absolute atomic E-state index is 12.9. The van der Waals surface area contributed by atoms with E-state index in [1.807, 2.05) is 0 Å². The van der Waals surface area contributed by atoms with E-state index >= 15 is 0 Å². The summed E-state index contributed by atoms with van der Waals surface area (Å²) in [5, 5.41) is 5.37. The highest BCUT2D eigenvalue weighted by molar-refractivity contribution is 5.97. The van der Waals surface area contributed by atoms with E-state index in [1.54, 1.807) is 0 Å². The molecule has 1 aromatic rings. The number of hydrogen-bond donors (Lipinski definition) is 3. The molecule has 1 atom stereocenters. The summed E-state index contributed by atoms with van der Waals surface area (Å²) in [6, 6.07) is 6.07. The molecule has 4 saturated carbocycles. The summed E-state index contributed by atoms with van der Waals surface area (Å²) in [7, 11) is 0. The molecule has 166 valence electrons. The van der Waals surface area contributed by atoms with Crippen LogP contribution in [0, 0.1) is 23.2 Å². The molecular weight excluding hydrogens is 398 g/mol. The molecule has 4 aliphatic rings. The van der Waals surface area contributed by atoms with E-state index in [0.29, 0.717) is 29.0 Å². The van der Waals surface area contributed by atoms with Crippen molar-refractivity contribution in [3.05, 3.63) is 29.8 Å². The summed E-state index contributed by atoms with van der Waals surface area (Å²) in [5.41, 5.74) is 5.64. The Kier molecular flexibility index (Phi) is 5.73. The molecule has 0 spiro atoms. The van der Waals surface area contributed by atoms with Crippen molar-refractivity contribution in [3.8, 4) is 0 Å². The lowest BCUT2D eigenvalue weighted by Crippen LogP contribution is -2.54. The first-order chi connectivity index (χ1) is 14.7. The van der Waals surface area contributed by atoms with Crippen LogP contribution in [0.2, 0.25) is 0 Å². The zero-order valence-electron chi connectivity index (χ0n) is 17.7. The molecule has 4 fully saturated rings. The first-order valence-electron chi connectivity index (χ1n) is 10.9. The van der Waals surface area contributed by atoms with Crippen molar-refractivity contribution >= 4 is 29.4 Å². The fourth-order valence-electron chi connectivity index (χ4n) is 5.98. The number of esters is 1. The van der Waals surface area contributed by atoms with Gasteiger partial charge in [0.05, 0.1) is 0 Å². The van der Waals surface area contributed by atoms with Crippen LogP contribution >= 0.6 is 0 Å². The monoisotopic (exact) mass is 427 g/mol. The van der Waals surface area contributed by atoms with E-state index in [-0.39, 0.29) is 17.9 Å². The third-order valence-corrected chi connectivity index (χ3v) is 7.03. The third kappa shape index (κ3) is 4.57. The molecule has 0 heterocycles. The minimum absolute atomic E-state index is 0.0461. The minimum atomic E-state index is -1.03. The van der Waals surface area contributed by atoms with Crippen LogP contribution in [0.3, 0.4) is 0 Å². The fraction of sp³-hybridized carbons (Fsp3) is 0.565. The Morgan fingerprint density at radius 2 is 1.58 bits per heavy atom. The van der Waals surface area contributed by atoms with Crippen molar-refractivity contribution in [2.75, 3.05) is 11.9 Å². The Morgan fingerprint density at radius 3 is 2.10 bits per heavy atom.